The normalized spacial score (nSPS) is 15.8. The largest absolute Gasteiger partial charge is 0.294 e. The Balaban J connectivity index is 2.63. The molecular formula is C11H10O2. The van der Waals surface area contributed by atoms with Gasteiger partial charge in [0.05, 0.1) is 0 Å². The van der Waals surface area contributed by atoms with Crippen molar-refractivity contribution in [3.63, 3.8) is 0 Å². The van der Waals surface area contributed by atoms with Crippen LogP contribution in [0.5, 0.6) is 0 Å². The fourth-order valence-corrected chi connectivity index (χ4v) is 1.63. The van der Waals surface area contributed by atoms with Gasteiger partial charge in [-0.3, -0.25) is 9.59 Å². The lowest BCUT2D eigenvalue weighted by Crippen LogP contribution is -2.16. The molecule has 1 aliphatic carbocycles. The first kappa shape index (κ1) is 8.17. The summed E-state index contributed by atoms with van der Waals surface area (Å²) >= 11 is 0. The second kappa shape index (κ2) is 2.80. The maximum Gasteiger partial charge on any atom is 0.164 e. The van der Waals surface area contributed by atoms with E-state index in [-0.39, 0.29) is 11.6 Å². The minimum absolute atomic E-state index is 0.0922. The number of carbonyl (C=O) groups is 2. The van der Waals surface area contributed by atoms with E-state index >= 15 is 0 Å². The summed E-state index contributed by atoms with van der Waals surface area (Å²) in [5.41, 5.74) is 2.24. The van der Waals surface area contributed by atoms with Gasteiger partial charge in [0.25, 0.3) is 0 Å². The highest BCUT2D eigenvalue weighted by Gasteiger charge is 2.22. The average Bonchev–Trinajstić information content (AvgIpc) is 2.12. The lowest BCUT2D eigenvalue weighted by Gasteiger charge is -2.13. The van der Waals surface area contributed by atoms with Crippen molar-refractivity contribution in [3.8, 4) is 0 Å². The van der Waals surface area contributed by atoms with Crippen LogP contribution >= 0.6 is 0 Å². The number of fused-ring (bicyclic) bond motifs is 1. The SMILES string of the molecule is Cc1ccc2c(c1)C(=O)CCC2=O. The minimum Gasteiger partial charge on any atom is -0.294 e. The van der Waals surface area contributed by atoms with Crippen LogP contribution in [0.25, 0.3) is 0 Å². The first-order valence-electron chi connectivity index (χ1n) is 4.35. The predicted molar refractivity (Wildman–Crippen MR) is 49.1 cm³/mol. The summed E-state index contributed by atoms with van der Waals surface area (Å²) in [6, 6.07) is 5.42. The van der Waals surface area contributed by atoms with Gasteiger partial charge in [-0.2, -0.15) is 0 Å². The number of Topliss-reactive ketones (excluding diaryl/α,β-unsaturated/α-hetero) is 2. The maximum atomic E-state index is 11.4. The summed E-state index contributed by atoms with van der Waals surface area (Å²) in [5, 5.41) is 0. The van der Waals surface area contributed by atoms with E-state index in [4.69, 9.17) is 0 Å². The molecule has 0 fully saturated rings. The van der Waals surface area contributed by atoms with E-state index in [2.05, 4.69) is 0 Å². The molecule has 0 saturated carbocycles. The Morgan fingerprint density at radius 1 is 1.00 bits per heavy atom. The summed E-state index contributed by atoms with van der Waals surface area (Å²) in [7, 11) is 0. The molecule has 0 radical (unpaired) electrons. The highest BCUT2D eigenvalue weighted by Crippen LogP contribution is 2.21. The van der Waals surface area contributed by atoms with Crippen molar-refractivity contribution in [2.45, 2.75) is 19.8 Å². The zero-order chi connectivity index (χ0) is 9.42. The molecule has 1 aromatic carbocycles. The van der Waals surface area contributed by atoms with Gasteiger partial charge in [-0.1, -0.05) is 17.7 Å². The molecule has 2 rings (SSSR count). The Hall–Kier alpha value is -1.44. The van der Waals surface area contributed by atoms with E-state index in [0.29, 0.717) is 24.0 Å². The predicted octanol–water partition coefficient (Wildman–Crippen LogP) is 2.15. The average molecular weight is 174 g/mol. The molecule has 0 atom stereocenters. The quantitative estimate of drug-likeness (QED) is 0.604. The molecule has 0 bridgehead atoms. The van der Waals surface area contributed by atoms with Gasteiger partial charge in [0.1, 0.15) is 0 Å². The van der Waals surface area contributed by atoms with Crippen LogP contribution in [-0.2, 0) is 0 Å². The van der Waals surface area contributed by atoms with Crippen LogP contribution in [0.1, 0.15) is 39.1 Å². The van der Waals surface area contributed by atoms with E-state index < -0.39 is 0 Å². The van der Waals surface area contributed by atoms with Gasteiger partial charge in [0, 0.05) is 24.0 Å². The number of aryl methyl sites for hydroxylation is 1. The number of ketones is 2. The van der Waals surface area contributed by atoms with E-state index in [1.165, 1.54) is 0 Å². The van der Waals surface area contributed by atoms with Gasteiger partial charge in [-0.05, 0) is 13.0 Å². The van der Waals surface area contributed by atoms with Crippen molar-refractivity contribution in [2.75, 3.05) is 0 Å². The number of carbonyl (C=O) groups excluding carboxylic acids is 2. The Morgan fingerprint density at radius 3 is 2.31 bits per heavy atom. The Labute approximate surface area is 76.6 Å². The van der Waals surface area contributed by atoms with Crippen LogP contribution < -0.4 is 0 Å². The molecule has 0 unspecified atom stereocenters. The summed E-state index contributed by atoms with van der Waals surface area (Å²) < 4.78 is 0. The van der Waals surface area contributed by atoms with Crippen molar-refractivity contribution < 1.29 is 9.59 Å². The first-order valence-corrected chi connectivity index (χ1v) is 4.35. The zero-order valence-corrected chi connectivity index (χ0v) is 7.46. The third-order valence-electron chi connectivity index (χ3n) is 2.36. The summed E-state index contributed by atoms with van der Waals surface area (Å²) in [5.74, 6) is 0.188. The van der Waals surface area contributed by atoms with Crippen LogP contribution in [0.15, 0.2) is 18.2 Å². The monoisotopic (exact) mass is 174 g/mol. The van der Waals surface area contributed by atoms with Crippen LogP contribution in [-0.4, -0.2) is 11.6 Å². The van der Waals surface area contributed by atoms with E-state index in [1.807, 2.05) is 13.0 Å². The molecule has 66 valence electrons. The molecule has 0 aromatic heterocycles. The summed E-state index contributed by atoms with van der Waals surface area (Å²) in [6.45, 7) is 1.92. The lowest BCUT2D eigenvalue weighted by molar-refractivity contribution is 0.0890. The molecule has 0 saturated heterocycles. The molecule has 2 nitrogen and oxygen atoms in total. The maximum absolute atomic E-state index is 11.4. The Kier molecular flexibility index (Phi) is 1.76. The number of rotatable bonds is 0. The van der Waals surface area contributed by atoms with Crippen LogP contribution in [0.2, 0.25) is 0 Å². The number of hydrogen-bond donors (Lipinski definition) is 0. The minimum atomic E-state index is 0.0922. The van der Waals surface area contributed by atoms with E-state index in [1.54, 1.807) is 12.1 Å². The molecule has 1 aromatic rings. The smallest absolute Gasteiger partial charge is 0.164 e. The lowest BCUT2D eigenvalue weighted by atomic mass is 9.89. The first-order chi connectivity index (χ1) is 6.18. The standard InChI is InChI=1S/C11H10O2/c1-7-2-3-8-9(6-7)11(13)5-4-10(8)12/h2-3,6H,4-5H2,1H3. The fourth-order valence-electron chi connectivity index (χ4n) is 1.63. The topological polar surface area (TPSA) is 34.1 Å². The molecule has 0 N–H and O–H groups in total. The number of hydrogen-bond acceptors (Lipinski definition) is 2. The van der Waals surface area contributed by atoms with E-state index in [0.717, 1.165) is 5.56 Å². The fraction of sp³-hybridized carbons (Fsp3) is 0.273. The molecule has 0 heterocycles. The van der Waals surface area contributed by atoms with Gasteiger partial charge >= 0.3 is 0 Å². The van der Waals surface area contributed by atoms with Gasteiger partial charge in [0.2, 0.25) is 0 Å². The molecule has 0 amide bonds. The van der Waals surface area contributed by atoms with Crippen molar-refractivity contribution >= 4 is 11.6 Å². The molecule has 1 aliphatic rings. The summed E-state index contributed by atoms with van der Waals surface area (Å²) in [4.78, 5) is 22.8. The zero-order valence-electron chi connectivity index (χ0n) is 7.46. The molecule has 2 heteroatoms. The van der Waals surface area contributed by atoms with Gasteiger partial charge in [-0.15, -0.1) is 0 Å². The van der Waals surface area contributed by atoms with Gasteiger partial charge < -0.3 is 0 Å². The third-order valence-corrected chi connectivity index (χ3v) is 2.36. The highest BCUT2D eigenvalue weighted by atomic mass is 16.1. The Morgan fingerprint density at radius 2 is 1.62 bits per heavy atom. The van der Waals surface area contributed by atoms with Crippen molar-refractivity contribution in [3.05, 3.63) is 34.9 Å². The van der Waals surface area contributed by atoms with Crippen LogP contribution in [0.4, 0.5) is 0 Å². The second-order valence-corrected chi connectivity index (χ2v) is 3.40. The van der Waals surface area contributed by atoms with E-state index in [9.17, 15) is 9.59 Å². The molecular weight excluding hydrogens is 164 g/mol. The van der Waals surface area contributed by atoms with Gasteiger partial charge in [-0.25, -0.2) is 0 Å². The molecule has 0 spiro atoms. The van der Waals surface area contributed by atoms with Crippen molar-refractivity contribution in [1.82, 2.24) is 0 Å². The van der Waals surface area contributed by atoms with Crippen LogP contribution in [0.3, 0.4) is 0 Å². The highest BCUT2D eigenvalue weighted by molar-refractivity contribution is 6.13. The van der Waals surface area contributed by atoms with Crippen LogP contribution in [0, 0.1) is 6.92 Å². The van der Waals surface area contributed by atoms with Crippen molar-refractivity contribution in [1.29, 1.82) is 0 Å². The third kappa shape index (κ3) is 1.28. The molecule has 13 heavy (non-hydrogen) atoms. The summed E-state index contributed by atoms with van der Waals surface area (Å²) in [6.07, 6.45) is 0.740. The molecule has 0 aliphatic heterocycles. The Bertz CT molecular complexity index is 391. The second-order valence-electron chi connectivity index (χ2n) is 3.40. The number of benzene rings is 1. The van der Waals surface area contributed by atoms with Crippen molar-refractivity contribution in [2.24, 2.45) is 0 Å². The van der Waals surface area contributed by atoms with Gasteiger partial charge in [0.15, 0.2) is 11.6 Å².